The Labute approximate surface area is 102 Å². The smallest absolute Gasteiger partial charge is 0.261 e. The summed E-state index contributed by atoms with van der Waals surface area (Å²) in [5.41, 5.74) is 0.871. The zero-order valence-electron chi connectivity index (χ0n) is 9.25. The minimum Gasteiger partial charge on any atom is -0.333 e. The number of hydrogen-bond acceptors (Lipinski definition) is 4. The standard InChI is InChI=1S/C13H8FN3O/c14-10-6-2-1-5-9(10)13-16-12(17-18-13)11-7-3-4-8-15-11/h1-8H. The van der Waals surface area contributed by atoms with Gasteiger partial charge in [0.1, 0.15) is 11.5 Å². The first kappa shape index (κ1) is 10.6. The molecule has 2 aromatic heterocycles. The van der Waals surface area contributed by atoms with Crippen LogP contribution in [0.15, 0.2) is 53.2 Å². The molecule has 3 rings (SSSR count). The van der Waals surface area contributed by atoms with Crippen LogP contribution >= 0.6 is 0 Å². The van der Waals surface area contributed by atoms with E-state index in [0.717, 1.165) is 0 Å². The minimum absolute atomic E-state index is 0.147. The van der Waals surface area contributed by atoms with Gasteiger partial charge in [0, 0.05) is 6.20 Å². The molecule has 4 nitrogen and oxygen atoms in total. The third kappa shape index (κ3) is 1.86. The Balaban J connectivity index is 2.03. The normalized spacial score (nSPS) is 10.5. The summed E-state index contributed by atoms with van der Waals surface area (Å²) >= 11 is 0. The van der Waals surface area contributed by atoms with Crippen molar-refractivity contribution in [1.82, 2.24) is 15.1 Å². The fourth-order valence-electron chi connectivity index (χ4n) is 1.57. The van der Waals surface area contributed by atoms with Crippen LogP contribution in [0.5, 0.6) is 0 Å². The van der Waals surface area contributed by atoms with Crippen molar-refractivity contribution in [2.75, 3.05) is 0 Å². The number of nitrogens with zero attached hydrogens (tertiary/aromatic N) is 3. The summed E-state index contributed by atoms with van der Waals surface area (Å²) in [5.74, 6) is 0.0938. The lowest BCUT2D eigenvalue weighted by atomic mass is 10.2. The van der Waals surface area contributed by atoms with E-state index in [1.54, 1.807) is 36.5 Å². The Morgan fingerprint density at radius 1 is 1.00 bits per heavy atom. The van der Waals surface area contributed by atoms with Crippen LogP contribution in [0.2, 0.25) is 0 Å². The molecule has 2 heterocycles. The van der Waals surface area contributed by atoms with Crippen LogP contribution in [0.25, 0.3) is 23.0 Å². The van der Waals surface area contributed by atoms with Gasteiger partial charge in [-0.3, -0.25) is 4.98 Å². The Morgan fingerprint density at radius 3 is 2.61 bits per heavy atom. The van der Waals surface area contributed by atoms with E-state index in [4.69, 9.17) is 4.52 Å². The number of halogens is 1. The molecule has 5 heteroatoms. The third-order valence-electron chi connectivity index (χ3n) is 2.42. The van der Waals surface area contributed by atoms with E-state index in [1.807, 2.05) is 6.07 Å². The highest BCUT2D eigenvalue weighted by atomic mass is 19.1. The molecule has 0 fully saturated rings. The maximum absolute atomic E-state index is 13.5. The van der Waals surface area contributed by atoms with E-state index in [1.165, 1.54) is 6.07 Å². The summed E-state index contributed by atoms with van der Waals surface area (Å²) < 4.78 is 18.6. The van der Waals surface area contributed by atoms with Gasteiger partial charge in [-0.15, -0.1) is 0 Å². The summed E-state index contributed by atoms with van der Waals surface area (Å²) in [7, 11) is 0. The highest BCUT2D eigenvalue weighted by Gasteiger charge is 2.13. The second-order valence-corrected chi connectivity index (χ2v) is 3.62. The lowest BCUT2D eigenvalue weighted by Gasteiger charge is -1.94. The van der Waals surface area contributed by atoms with Crippen molar-refractivity contribution >= 4 is 0 Å². The third-order valence-corrected chi connectivity index (χ3v) is 2.42. The van der Waals surface area contributed by atoms with Gasteiger partial charge in [-0.05, 0) is 24.3 Å². The van der Waals surface area contributed by atoms with Gasteiger partial charge in [0.25, 0.3) is 5.89 Å². The molecule has 0 aliphatic rings. The lowest BCUT2D eigenvalue weighted by molar-refractivity contribution is 0.429. The average molecular weight is 241 g/mol. The molecule has 88 valence electrons. The van der Waals surface area contributed by atoms with Crippen molar-refractivity contribution in [2.24, 2.45) is 0 Å². The van der Waals surface area contributed by atoms with Crippen molar-refractivity contribution in [3.8, 4) is 23.0 Å². The fourth-order valence-corrected chi connectivity index (χ4v) is 1.57. The fraction of sp³-hybridized carbons (Fsp3) is 0. The van der Waals surface area contributed by atoms with Crippen LogP contribution in [0, 0.1) is 5.82 Å². The van der Waals surface area contributed by atoms with E-state index >= 15 is 0 Å². The van der Waals surface area contributed by atoms with E-state index in [9.17, 15) is 4.39 Å². The Hall–Kier alpha value is -2.56. The lowest BCUT2D eigenvalue weighted by Crippen LogP contribution is -1.85. The van der Waals surface area contributed by atoms with E-state index < -0.39 is 5.82 Å². The zero-order valence-corrected chi connectivity index (χ0v) is 9.25. The Bertz CT molecular complexity index is 667. The quantitative estimate of drug-likeness (QED) is 0.692. The van der Waals surface area contributed by atoms with Crippen molar-refractivity contribution in [1.29, 1.82) is 0 Å². The number of hydrogen-bond donors (Lipinski definition) is 0. The molecular weight excluding hydrogens is 233 g/mol. The van der Waals surface area contributed by atoms with Gasteiger partial charge in [0.15, 0.2) is 0 Å². The molecule has 0 aliphatic heterocycles. The number of pyridine rings is 1. The molecule has 0 bridgehead atoms. The van der Waals surface area contributed by atoms with Gasteiger partial charge < -0.3 is 4.52 Å². The molecule has 1 aromatic carbocycles. The van der Waals surface area contributed by atoms with E-state index in [2.05, 4.69) is 15.1 Å². The summed E-state index contributed by atoms with van der Waals surface area (Å²) in [4.78, 5) is 8.23. The van der Waals surface area contributed by atoms with E-state index in [0.29, 0.717) is 11.5 Å². The molecule has 18 heavy (non-hydrogen) atoms. The predicted octanol–water partition coefficient (Wildman–Crippen LogP) is 2.94. The minimum atomic E-state index is -0.395. The summed E-state index contributed by atoms with van der Waals surface area (Å²) in [6, 6.07) is 11.6. The van der Waals surface area contributed by atoms with Gasteiger partial charge in [-0.25, -0.2) is 4.39 Å². The maximum Gasteiger partial charge on any atom is 0.261 e. The SMILES string of the molecule is Fc1ccccc1-c1nc(-c2ccccn2)no1. The van der Waals surface area contributed by atoms with Crippen LogP contribution in [0.1, 0.15) is 0 Å². The number of aromatic nitrogens is 3. The van der Waals surface area contributed by atoms with Gasteiger partial charge in [-0.2, -0.15) is 4.98 Å². The summed E-state index contributed by atoms with van der Waals surface area (Å²) in [6.45, 7) is 0. The summed E-state index contributed by atoms with van der Waals surface area (Å²) in [5, 5.41) is 3.79. The van der Waals surface area contributed by atoms with Crippen molar-refractivity contribution in [3.63, 3.8) is 0 Å². The Morgan fingerprint density at radius 2 is 1.83 bits per heavy atom. The van der Waals surface area contributed by atoms with Crippen LogP contribution in [0.4, 0.5) is 4.39 Å². The molecule has 0 unspecified atom stereocenters. The molecule has 0 amide bonds. The van der Waals surface area contributed by atoms with Crippen LogP contribution in [-0.4, -0.2) is 15.1 Å². The predicted molar refractivity (Wildman–Crippen MR) is 62.9 cm³/mol. The second kappa shape index (κ2) is 4.37. The summed E-state index contributed by atoms with van der Waals surface area (Å²) in [6.07, 6.45) is 1.63. The first-order valence-electron chi connectivity index (χ1n) is 5.34. The van der Waals surface area contributed by atoms with Gasteiger partial charge in [0.2, 0.25) is 5.82 Å². The molecule has 0 aliphatic carbocycles. The topological polar surface area (TPSA) is 51.8 Å². The number of benzene rings is 1. The second-order valence-electron chi connectivity index (χ2n) is 3.62. The van der Waals surface area contributed by atoms with Gasteiger partial charge in [0.05, 0.1) is 5.56 Å². The highest BCUT2D eigenvalue weighted by Crippen LogP contribution is 2.22. The van der Waals surface area contributed by atoms with Gasteiger partial charge in [-0.1, -0.05) is 23.4 Å². The average Bonchev–Trinajstić information content (AvgIpc) is 2.90. The van der Waals surface area contributed by atoms with Crippen LogP contribution < -0.4 is 0 Å². The molecular formula is C13H8FN3O. The zero-order chi connectivity index (χ0) is 12.4. The van der Waals surface area contributed by atoms with E-state index in [-0.39, 0.29) is 11.5 Å². The molecule has 0 spiro atoms. The molecule has 0 saturated carbocycles. The largest absolute Gasteiger partial charge is 0.333 e. The monoisotopic (exact) mass is 241 g/mol. The van der Waals surface area contributed by atoms with Crippen molar-refractivity contribution < 1.29 is 8.91 Å². The van der Waals surface area contributed by atoms with Gasteiger partial charge >= 0.3 is 0 Å². The molecule has 3 aromatic rings. The first-order chi connectivity index (χ1) is 8.84. The highest BCUT2D eigenvalue weighted by molar-refractivity contribution is 5.57. The van der Waals surface area contributed by atoms with Crippen LogP contribution in [0.3, 0.4) is 0 Å². The first-order valence-corrected chi connectivity index (χ1v) is 5.34. The number of rotatable bonds is 2. The van der Waals surface area contributed by atoms with Crippen molar-refractivity contribution in [2.45, 2.75) is 0 Å². The molecule has 0 radical (unpaired) electrons. The van der Waals surface area contributed by atoms with Crippen LogP contribution in [-0.2, 0) is 0 Å². The maximum atomic E-state index is 13.5. The van der Waals surface area contributed by atoms with Crippen molar-refractivity contribution in [3.05, 3.63) is 54.5 Å². The Kier molecular flexibility index (Phi) is 2.57. The molecule has 0 atom stereocenters. The molecule has 0 N–H and O–H groups in total. The molecule has 0 saturated heterocycles.